The third-order valence-corrected chi connectivity index (χ3v) is 5.54. The van der Waals surface area contributed by atoms with Crippen LogP contribution in [-0.4, -0.2) is 37.4 Å². The number of benzene rings is 3. The first-order chi connectivity index (χ1) is 15.6. The minimum Gasteiger partial charge on any atom is -0.489 e. The summed E-state index contributed by atoms with van der Waals surface area (Å²) in [6.45, 7) is 3.60. The molecule has 2 N–H and O–H groups in total. The van der Waals surface area contributed by atoms with E-state index in [1.807, 2.05) is 60.7 Å². The molecule has 0 saturated carbocycles. The van der Waals surface area contributed by atoms with Crippen molar-refractivity contribution in [2.75, 3.05) is 36.5 Å². The number of halogens is 1. The van der Waals surface area contributed by atoms with Crippen LogP contribution in [0.2, 0.25) is 5.02 Å². The minimum absolute atomic E-state index is 0.289. The molecule has 0 atom stereocenters. The second-order valence-corrected chi connectivity index (χ2v) is 7.99. The van der Waals surface area contributed by atoms with Crippen molar-refractivity contribution in [1.29, 1.82) is 0 Å². The summed E-state index contributed by atoms with van der Waals surface area (Å²) < 4.78 is 11.3. The molecular weight excluding hydrogens is 428 g/mol. The van der Waals surface area contributed by atoms with Gasteiger partial charge < -0.3 is 24.8 Å². The lowest BCUT2D eigenvalue weighted by Gasteiger charge is -2.30. The van der Waals surface area contributed by atoms with Crippen molar-refractivity contribution in [3.8, 4) is 5.75 Å². The van der Waals surface area contributed by atoms with Crippen molar-refractivity contribution < 1.29 is 19.4 Å². The largest absolute Gasteiger partial charge is 0.489 e. The zero-order valence-electron chi connectivity index (χ0n) is 17.6. The van der Waals surface area contributed by atoms with Gasteiger partial charge in [-0.25, -0.2) is 4.79 Å². The van der Waals surface area contributed by atoms with Gasteiger partial charge in [0.2, 0.25) is 0 Å². The van der Waals surface area contributed by atoms with E-state index in [1.165, 1.54) is 0 Å². The lowest BCUT2D eigenvalue weighted by atomic mass is 10.1. The molecule has 0 unspecified atom stereocenters. The molecule has 0 bridgehead atoms. The second-order valence-electron chi connectivity index (χ2n) is 7.55. The van der Waals surface area contributed by atoms with Gasteiger partial charge in [-0.1, -0.05) is 35.9 Å². The standard InChI is InChI=1S/C25H25ClN2O4/c26-20-6-4-18(5-7-20)17-32-22-3-1-2-19(14-22)16-27-21-8-9-24(23(15-21)25(29)30)28-10-12-31-13-11-28/h1-9,14-15,27H,10-13,16-17H2,(H,29,30). The molecule has 6 nitrogen and oxygen atoms in total. The highest BCUT2D eigenvalue weighted by Crippen LogP contribution is 2.26. The quantitative estimate of drug-likeness (QED) is 0.497. The summed E-state index contributed by atoms with van der Waals surface area (Å²) in [6.07, 6.45) is 0. The Hall–Kier alpha value is -3.22. The SMILES string of the molecule is O=C(O)c1cc(NCc2cccc(OCc3ccc(Cl)cc3)c2)ccc1N1CCOCC1. The zero-order chi connectivity index (χ0) is 22.3. The van der Waals surface area contributed by atoms with Crippen molar-refractivity contribution >= 4 is 28.9 Å². The van der Waals surface area contributed by atoms with Crippen molar-refractivity contribution in [2.24, 2.45) is 0 Å². The Labute approximate surface area is 192 Å². The monoisotopic (exact) mass is 452 g/mol. The van der Waals surface area contributed by atoms with E-state index < -0.39 is 5.97 Å². The number of carboxylic acid groups (broad SMARTS) is 1. The number of nitrogens with zero attached hydrogens (tertiary/aromatic N) is 1. The van der Waals surface area contributed by atoms with Gasteiger partial charge in [0.05, 0.1) is 24.5 Å². The molecular formula is C25H25ClN2O4. The Morgan fingerprint density at radius 1 is 1.03 bits per heavy atom. The smallest absolute Gasteiger partial charge is 0.337 e. The van der Waals surface area contributed by atoms with Gasteiger partial charge in [0, 0.05) is 30.3 Å². The zero-order valence-corrected chi connectivity index (χ0v) is 18.3. The molecule has 32 heavy (non-hydrogen) atoms. The van der Waals surface area contributed by atoms with Gasteiger partial charge in [-0.2, -0.15) is 0 Å². The fourth-order valence-corrected chi connectivity index (χ4v) is 3.72. The number of carboxylic acids is 1. The van der Waals surface area contributed by atoms with Crippen LogP contribution in [0.15, 0.2) is 66.7 Å². The third-order valence-electron chi connectivity index (χ3n) is 5.29. The average molecular weight is 453 g/mol. The Morgan fingerprint density at radius 2 is 1.81 bits per heavy atom. The van der Waals surface area contributed by atoms with Gasteiger partial charge in [-0.05, 0) is 53.6 Å². The van der Waals surface area contributed by atoms with Gasteiger partial charge in [0.25, 0.3) is 0 Å². The van der Waals surface area contributed by atoms with E-state index in [0.29, 0.717) is 44.5 Å². The first-order valence-electron chi connectivity index (χ1n) is 10.5. The topological polar surface area (TPSA) is 71.0 Å². The maximum atomic E-state index is 11.8. The first kappa shape index (κ1) is 22.0. The van der Waals surface area contributed by atoms with Crippen LogP contribution in [0.5, 0.6) is 5.75 Å². The van der Waals surface area contributed by atoms with Crippen LogP contribution in [0, 0.1) is 0 Å². The molecule has 1 fully saturated rings. The molecule has 4 rings (SSSR count). The molecule has 3 aromatic carbocycles. The number of hydrogen-bond acceptors (Lipinski definition) is 5. The highest BCUT2D eigenvalue weighted by Gasteiger charge is 2.19. The summed E-state index contributed by atoms with van der Waals surface area (Å²) in [4.78, 5) is 13.9. The number of morpholine rings is 1. The number of carbonyl (C=O) groups is 1. The number of aromatic carboxylic acids is 1. The second kappa shape index (κ2) is 10.4. The summed E-state index contributed by atoms with van der Waals surface area (Å²) in [5.74, 6) is -0.166. The molecule has 0 amide bonds. The van der Waals surface area contributed by atoms with Crippen LogP contribution >= 0.6 is 11.6 Å². The number of hydrogen-bond donors (Lipinski definition) is 2. The molecule has 0 radical (unpaired) electrons. The van der Waals surface area contributed by atoms with Gasteiger partial charge in [-0.3, -0.25) is 0 Å². The molecule has 0 spiro atoms. The summed E-state index contributed by atoms with van der Waals surface area (Å²) in [5, 5.41) is 13.7. The fourth-order valence-electron chi connectivity index (χ4n) is 3.59. The van der Waals surface area contributed by atoms with Crippen LogP contribution in [0.1, 0.15) is 21.5 Å². The normalized spacial score (nSPS) is 13.6. The predicted octanol–water partition coefficient (Wildman–Crippen LogP) is 5.07. The maximum Gasteiger partial charge on any atom is 0.337 e. The van der Waals surface area contributed by atoms with Crippen LogP contribution in [0.25, 0.3) is 0 Å². The van der Waals surface area contributed by atoms with Crippen LogP contribution < -0.4 is 15.0 Å². The van der Waals surface area contributed by atoms with Crippen molar-refractivity contribution in [1.82, 2.24) is 0 Å². The molecule has 1 saturated heterocycles. The lowest BCUT2D eigenvalue weighted by Crippen LogP contribution is -2.37. The van der Waals surface area contributed by atoms with Crippen LogP contribution in [0.3, 0.4) is 0 Å². The Balaban J connectivity index is 1.39. The highest BCUT2D eigenvalue weighted by atomic mass is 35.5. The Kier molecular flexibility index (Phi) is 7.14. The summed E-state index contributed by atoms with van der Waals surface area (Å²) in [5.41, 5.74) is 3.85. The average Bonchev–Trinajstić information content (AvgIpc) is 2.83. The van der Waals surface area contributed by atoms with E-state index >= 15 is 0 Å². The maximum absolute atomic E-state index is 11.8. The summed E-state index contributed by atoms with van der Waals surface area (Å²) in [7, 11) is 0. The van der Waals surface area contributed by atoms with Crippen LogP contribution in [-0.2, 0) is 17.9 Å². The molecule has 166 valence electrons. The molecule has 7 heteroatoms. The van der Waals surface area contributed by atoms with Crippen molar-refractivity contribution in [2.45, 2.75) is 13.2 Å². The van der Waals surface area contributed by atoms with E-state index in [4.69, 9.17) is 21.1 Å². The summed E-state index contributed by atoms with van der Waals surface area (Å²) >= 11 is 5.92. The molecule has 3 aromatic rings. The van der Waals surface area contributed by atoms with E-state index in [0.717, 1.165) is 28.3 Å². The van der Waals surface area contributed by atoms with Crippen molar-refractivity contribution in [3.05, 3.63) is 88.4 Å². The van der Waals surface area contributed by atoms with Crippen molar-refractivity contribution in [3.63, 3.8) is 0 Å². The Bertz CT molecular complexity index is 1070. The number of ether oxygens (including phenoxy) is 2. The first-order valence-corrected chi connectivity index (χ1v) is 10.9. The third kappa shape index (κ3) is 5.72. The highest BCUT2D eigenvalue weighted by molar-refractivity contribution is 6.30. The lowest BCUT2D eigenvalue weighted by molar-refractivity contribution is 0.0696. The van der Waals surface area contributed by atoms with Gasteiger partial charge >= 0.3 is 5.97 Å². The fraction of sp³-hybridized carbons (Fsp3) is 0.240. The Morgan fingerprint density at radius 3 is 2.56 bits per heavy atom. The summed E-state index contributed by atoms with van der Waals surface area (Å²) in [6, 6.07) is 20.9. The van der Waals surface area contributed by atoms with Gasteiger partial charge in [0.15, 0.2) is 0 Å². The molecule has 0 aliphatic carbocycles. The van der Waals surface area contributed by atoms with Crippen LogP contribution in [0.4, 0.5) is 11.4 Å². The van der Waals surface area contributed by atoms with Gasteiger partial charge in [-0.15, -0.1) is 0 Å². The molecule has 1 heterocycles. The molecule has 1 aliphatic heterocycles. The van der Waals surface area contributed by atoms with E-state index in [1.54, 1.807) is 6.07 Å². The van der Waals surface area contributed by atoms with E-state index in [2.05, 4.69) is 10.2 Å². The number of anilines is 2. The molecule has 1 aliphatic rings. The predicted molar refractivity (Wildman–Crippen MR) is 126 cm³/mol. The van der Waals surface area contributed by atoms with Gasteiger partial charge in [0.1, 0.15) is 12.4 Å². The number of rotatable bonds is 8. The number of nitrogens with one attached hydrogen (secondary N) is 1. The molecule has 0 aromatic heterocycles. The van der Waals surface area contributed by atoms with E-state index in [-0.39, 0.29) is 5.56 Å². The minimum atomic E-state index is -0.937. The van der Waals surface area contributed by atoms with E-state index in [9.17, 15) is 9.90 Å².